The van der Waals surface area contributed by atoms with Crippen LogP contribution in [0.3, 0.4) is 0 Å². The number of likely N-dealkylation sites (N-methyl/N-ethyl adjacent to an activating group) is 1. The maximum absolute atomic E-state index is 12.4. The van der Waals surface area contributed by atoms with Gasteiger partial charge in [-0.05, 0) is 30.7 Å². The second kappa shape index (κ2) is 6.65. The van der Waals surface area contributed by atoms with Gasteiger partial charge in [0.25, 0.3) is 0 Å². The Morgan fingerprint density at radius 2 is 1.79 bits per heavy atom. The highest BCUT2D eigenvalue weighted by Gasteiger charge is 2.35. The highest BCUT2D eigenvalue weighted by molar-refractivity contribution is 7.91. The highest BCUT2D eigenvalue weighted by atomic mass is 32.2. The number of hydrogen-bond acceptors (Lipinski definition) is 4. The minimum absolute atomic E-state index is 0.0739. The molecule has 0 unspecified atom stereocenters. The smallest absolute Gasteiger partial charge is 0.240 e. The van der Waals surface area contributed by atoms with Gasteiger partial charge in [-0.25, -0.2) is 8.42 Å². The van der Waals surface area contributed by atoms with E-state index in [1.165, 1.54) is 0 Å². The van der Waals surface area contributed by atoms with Crippen LogP contribution in [-0.4, -0.2) is 33.2 Å². The first-order valence-corrected chi connectivity index (χ1v) is 9.57. The third-order valence-corrected chi connectivity index (χ3v) is 6.00. The molecule has 6 heteroatoms. The quantitative estimate of drug-likeness (QED) is 0.903. The Kier molecular flexibility index (Phi) is 4.57. The van der Waals surface area contributed by atoms with Crippen molar-refractivity contribution in [1.82, 2.24) is 5.32 Å². The molecular weight excluding hydrogens is 324 g/mol. The summed E-state index contributed by atoms with van der Waals surface area (Å²) in [5.74, 6) is -0.257. The monoisotopic (exact) mass is 344 g/mol. The van der Waals surface area contributed by atoms with Crippen molar-refractivity contribution in [2.75, 3.05) is 23.7 Å². The Balaban J connectivity index is 1.72. The van der Waals surface area contributed by atoms with Crippen molar-refractivity contribution >= 4 is 21.4 Å². The molecule has 0 saturated carbocycles. The van der Waals surface area contributed by atoms with Crippen LogP contribution in [0.15, 0.2) is 59.5 Å². The molecule has 5 nitrogen and oxygen atoms in total. The molecule has 2 aromatic rings. The van der Waals surface area contributed by atoms with E-state index in [9.17, 15) is 13.2 Å². The Bertz CT molecular complexity index is 834. The van der Waals surface area contributed by atoms with Crippen molar-refractivity contribution < 1.29 is 13.2 Å². The fraction of sp³-hybridized carbons (Fsp3) is 0.278. The minimum Gasteiger partial charge on any atom is -0.363 e. The molecule has 3 rings (SSSR count). The van der Waals surface area contributed by atoms with Crippen molar-refractivity contribution in [3.05, 3.63) is 60.2 Å². The Morgan fingerprint density at radius 1 is 1.12 bits per heavy atom. The van der Waals surface area contributed by atoms with Gasteiger partial charge >= 0.3 is 0 Å². The molecule has 0 bridgehead atoms. The standard InChI is InChI=1S/C18H20N2O3S/c1-2-20(14-8-4-3-5-9-14)12-18(21)19-16-13-24(22,23)17-11-7-6-10-15(16)17/h3-11,16H,2,12-13H2,1H3,(H,19,21)/t16-/m1/s1. The number of sulfone groups is 1. The zero-order valence-corrected chi connectivity index (χ0v) is 14.3. The molecule has 1 heterocycles. The lowest BCUT2D eigenvalue weighted by Crippen LogP contribution is -2.39. The topological polar surface area (TPSA) is 66.5 Å². The molecule has 24 heavy (non-hydrogen) atoms. The fourth-order valence-electron chi connectivity index (χ4n) is 3.01. The summed E-state index contributed by atoms with van der Waals surface area (Å²) in [6, 6.07) is 16.1. The number of hydrogen-bond donors (Lipinski definition) is 1. The summed E-state index contributed by atoms with van der Waals surface area (Å²) in [6.45, 7) is 2.87. The van der Waals surface area contributed by atoms with Crippen molar-refractivity contribution in [3.63, 3.8) is 0 Å². The van der Waals surface area contributed by atoms with E-state index in [2.05, 4.69) is 5.32 Å². The number of benzene rings is 2. The van der Waals surface area contributed by atoms with E-state index in [1.54, 1.807) is 24.3 Å². The first-order valence-electron chi connectivity index (χ1n) is 7.92. The van der Waals surface area contributed by atoms with E-state index in [1.807, 2.05) is 42.2 Å². The Labute approximate surface area is 142 Å². The number of anilines is 1. The molecule has 1 atom stereocenters. The molecule has 1 amide bonds. The predicted molar refractivity (Wildman–Crippen MR) is 93.7 cm³/mol. The van der Waals surface area contributed by atoms with Crippen LogP contribution >= 0.6 is 0 Å². The van der Waals surface area contributed by atoms with Gasteiger partial charge in [-0.15, -0.1) is 0 Å². The van der Waals surface area contributed by atoms with Crippen LogP contribution in [0.4, 0.5) is 5.69 Å². The summed E-state index contributed by atoms with van der Waals surface area (Å²) in [6.07, 6.45) is 0. The summed E-state index contributed by atoms with van der Waals surface area (Å²) < 4.78 is 24.4. The average Bonchev–Trinajstić information content (AvgIpc) is 2.84. The van der Waals surface area contributed by atoms with Gasteiger partial charge in [-0.2, -0.15) is 0 Å². The zero-order valence-electron chi connectivity index (χ0n) is 13.5. The van der Waals surface area contributed by atoms with Crippen LogP contribution < -0.4 is 10.2 Å². The first kappa shape index (κ1) is 16.5. The normalized spacial score (nSPS) is 18.0. The van der Waals surface area contributed by atoms with Gasteiger partial charge < -0.3 is 10.2 Å². The molecule has 1 aliphatic rings. The third kappa shape index (κ3) is 3.28. The molecule has 1 aliphatic heterocycles. The number of amides is 1. The van der Waals surface area contributed by atoms with E-state index < -0.39 is 15.9 Å². The lowest BCUT2D eigenvalue weighted by atomic mass is 10.1. The average molecular weight is 344 g/mol. The number of nitrogens with zero attached hydrogens (tertiary/aromatic N) is 1. The second-order valence-electron chi connectivity index (χ2n) is 5.79. The molecule has 0 fully saturated rings. The maximum Gasteiger partial charge on any atom is 0.240 e. The van der Waals surface area contributed by atoms with Gasteiger partial charge in [0.15, 0.2) is 9.84 Å². The third-order valence-electron chi connectivity index (χ3n) is 4.19. The van der Waals surface area contributed by atoms with E-state index in [-0.39, 0.29) is 18.2 Å². The van der Waals surface area contributed by atoms with Crippen molar-refractivity contribution in [1.29, 1.82) is 0 Å². The molecule has 0 radical (unpaired) electrons. The zero-order chi connectivity index (χ0) is 17.2. The number of rotatable bonds is 5. The Morgan fingerprint density at radius 3 is 2.50 bits per heavy atom. The summed E-state index contributed by atoms with van der Waals surface area (Å²) >= 11 is 0. The van der Waals surface area contributed by atoms with Crippen LogP contribution in [0.2, 0.25) is 0 Å². The van der Waals surface area contributed by atoms with Crippen molar-refractivity contribution in [2.24, 2.45) is 0 Å². The summed E-state index contributed by atoms with van der Waals surface area (Å²) in [7, 11) is -3.31. The van der Waals surface area contributed by atoms with Gasteiger partial charge in [0.1, 0.15) is 0 Å². The number of fused-ring (bicyclic) bond motifs is 1. The second-order valence-corrected chi connectivity index (χ2v) is 7.79. The van der Waals surface area contributed by atoms with Crippen LogP contribution in [0.25, 0.3) is 0 Å². The van der Waals surface area contributed by atoms with E-state index >= 15 is 0 Å². The van der Waals surface area contributed by atoms with Gasteiger partial charge in [0.2, 0.25) is 5.91 Å². The SMILES string of the molecule is CCN(CC(=O)N[C@@H]1CS(=O)(=O)c2ccccc21)c1ccccc1. The Hall–Kier alpha value is -2.34. The van der Waals surface area contributed by atoms with Gasteiger partial charge in [0.05, 0.1) is 23.2 Å². The minimum atomic E-state index is -3.31. The van der Waals surface area contributed by atoms with Crippen LogP contribution in [0.1, 0.15) is 18.5 Å². The van der Waals surface area contributed by atoms with E-state index in [0.29, 0.717) is 17.0 Å². The van der Waals surface area contributed by atoms with E-state index in [4.69, 9.17) is 0 Å². The number of carbonyl (C=O) groups excluding carboxylic acids is 1. The summed E-state index contributed by atoms with van der Waals surface area (Å²) in [4.78, 5) is 14.7. The fourth-order valence-corrected chi connectivity index (χ4v) is 4.74. The molecule has 0 aromatic heterocycles. The van der Waals surface area contributed by atoms with Crippen LogP contribution in [0.5, 0.6) is 0 Å². The number of para-hydroxylation sites is 1. The lowest BCUT2D eigenvalue weighted by molar-refractivity contribution is -0.120. The number of carbonyl (C=O) groups is 1. The maximum atomic E-state index is 12.4. The molecule has 126 valence electrons. The predicted octanol–water partition coefficient (Wildman–Crippen LogP) is 2.16. The van der Waals surface area contributed by atoms with E-state index in [0.717, 1.165) is 5.69 Å². The van der Waals surface area contributed by atoms with Crippen molar-refractivity contribution in [3.8, 4) is 0 Å². The van der Waals surface area contributed by atoms with Crippen LogP contribution in [0, 0.1) is 0 Å². The van der Waals surface area contributed by atoms with Gasteiger partial charge in [0, 0.05) is 12.2 Å². The van der Waals surface area contributed by atoms with Crippen molar-refractivity contribution in [2.45, 2.75) is 17.9 Å². The first-order chi connectivity index (χ1) is 11.5. The molecule has 0 saturated heterocycles. The summed E-state index contributed by atoms with van der Waals surface area (Å²) in [5, 5.41) is 2.87. The largest absolute Gasteiger partial charge is 0.363 e. The summed E-state index contributed by atoms with van der Waals surface area (Å²) in [5.41, 5.74) is 1.64. The molecular formula is C18H20N2O3S. The highest BCUT2D eigenvalue weighted by Crippen LogP contribution is 2.32. The molecule has 0 aliphatic carbocycles. The molecule has 1 N–H and O–H groups in total. The molecule has 0 spiro atoms. The van der Waals surface area contributed by atoms with Crippen LogP contribution in [-0.2, 0) is 14.6 Å². The lowest BCUT2D eigenvalue weighted by Gasteiger charge is -2.23. The molecule has 2 aromatic carbocycles. The van der Waals surface area contributed by atoms with Gasteiger partial charge in [-0.3, -0.25) is 4.79 Å². The van der Waals surface area contributed by atoms with Gasteiger partial charge in [-0.1, -0.05) is 36.4 Å². The number of nitrogens with one attached hydrogen (secondary N) is 1.